The van der Waals surface area contributed by atoms with Crippen LogP contribution in [0.2, 0.25) is 0 Å². The van der Waals surface area contributed by atoms with Gasteiger partial charge in [0.15, 0.2) is 17.3 Å². The molecule has 0 aromatic heterocycles. The second kappa shape index (κ2) is 12.9. The minimum atomic E-state index is -2.35. The van der Waals surface area contributed by atoms with Crippen molar-refractivity contribution in [3.63, 3.8) is 0 Å². The highest BCUT2D eigenvalue weighted by molar-refractivity contribution is 6.10. The monoisotopic (exact) mass is 899 g/mol. The van der Waals surface area contributed by atoms with Gasteiger partial charge < -0.3 is 19.3 Å². The van der Waals surface area contributed by atoms with Crippen LogP contribution in [0, 0.1) is 68.0 Å². The minimum Gasteiger partial charge on any atom is -0.471 e. The maximum Gasteiger partial charge on any atom is 0.317 e. The summed E-state index contributed by atoms with van der Waals surface area (Å²) in [6.07, 6.45) is 19.5. The molecule has 1 heterocycles. The van der Waals surface area contributed by atoms with Crippen molar-refractivity contribution in [1.82, 2.24) is 0 Å². The van der Waals surface area contributed by atoms with Crippen molar-refractivity contribution in [2.75, 3.05) is 7.11 Å². The third kappa shape index (κ3) is 4.92. The molecule has 10 aliphatic rings. The first-order valence-corrected chi connectivity index (χ1v) is 25.5. The molecule has 0 saturated heterocycles. The van der Waals surface area contributed by atoms with Crippen molar-refractivity contribution in [1.29, 1.82) is 0 Å². The second-order valence-electron chi connectivity index (χ2n) is 26.3. The molecule has 0 spiro atoms. The average molecular weight is 899 g/mol. The zero-order chi connectivity index (χ0) is 47.6. The van der Waals surface area contributed by atoms with E-state index in [0.29, 0.717) is 35.0 Å². The van der Waals surface area contributed by atoms with E-state index < -0.39 is 33.4 Å². The molecule has 0 amide bonds. The predicted octanol–water partition coefficient (Wildman–Crippen LogP) is 11.8. The first-order chi connectivity index (χ1) is 30.6. The van der Waals surface area contributed by atoms with E-state index in [2.05, 4.69) is 81.4 Å². The van der Waals surface area contributed by atoms with Crippen LogP contribution >= 0.6 is 0 Å². The second-order valence-corrected chi connectivity index (χ2v) is 26.3. The summed E-state index contributed by atoms with van der Waals surface area (Å²) < 4.78 is 19.3. The zero-order valence-electron chi connectivity index (χ0n) is 42.1. The summed E-state index contributed by atoms with van der Waals surface area (Å²) in [5, 5.41) is 12.8. The van der Waals surface area contributed by atoms with Crippen LogP contribution < -0.4 is 9.47 Å². The molecule has 6 fully saturated rings. The fourth-order valence-electron chi connectivity index (χ4n) is 18.4. The van der Waals surface area contributed by atoms with Gasteiger partial charge in [0.05, 0.1) is 12.5 Å². The lowest BCUT2D eigenvalue weighted by Crippen LogP contribution is -2.70. The Balaban J connectivity index is 0.976. The van der Waals surface area contributed by atoms with E-state index in [0.717, 1.165) is 99.3 Å². The Hall–Kier alpha value is -3.78. The van der Waals surface area contributed by atoms with Crippen LogP contribution in [-0.2, 0) is 24.5 Å². The standard InChI is InChI=1S/C58H74O8/c1-32-26-41-49(4,30-38(32)60)19-23-53(8)40-15-14-34-35(51(40,6)20-24-54(41,53)9)28-44(61)58(63)57(34,12)66-46-33(2)45-36(27-39(46)65-58)52(7)21-25-56(11)43-31-50(5,47(62)64-13)17-16-48(43,3)18-22-55(56,10)42(52)29-37(45)59/h14-15,27-29,32,41,43,63H,16-26,30-31H2,1-13H3. The number of fused-ring (bicyclic) bond motifs is 17. The number of carbonyl (C=O) groups excluding carboxylic acids is 4. The summed E-state index contributed by atoms with van der Waals surface area (Å²) in [7, 11) is 1.50. The molecule has 6 saturated carbocycles. The van der Waals surface area contributed by atoms with E-state index in [9.17, 15) is 24.3 Å². The van der Waals surface area contributed by atoms with Crippen LogP contribution in [0.1, 0.15) is 181 Å². The molecule has 1 aromatic rings. The van der Waals surface area contributed by atoms with Gasteiger partial charge in [-0.3, -0.25) is 19.2 Å². The number of carbonyl (C=O) groups is 4. The molecule has 0 radical (unpaired) electrons. The number of esters is 1. The summed E-state index contributed by atoms with van der Waals surface area (Å²) in [6.45, 7) is 27.0. The molecule has 1 aliphatic heterocycles. The lowest BCUT2D eigenvalue weighted by molar-refractivity contribution is -0.231. The van der Waals surface area contributed by atoms with E-state index in [1.54, 1.807) is 13.0 Å². The number of Topliss-reactive ketones (excluding diaryl/α,β-unsaturated/α-hetero) is 1. The molecule has 354 valence electrons. The van der Waals surface area contributed by atoms with Crippen LogP contribution in [0.25, 0.3) is 0 Å². The van der Waals surface area contributed by atoms with Crippen LogP contribution in [0.3, 0.4) is 0 Å². The molecular formula is C58H74O8. The molecule has 1 N–H and O–H groups in total. The number of hydrogen-bond donors (Lipinski definition) is 1. The maximum atomic E-state index is 14.9. The first-order valence-electron chi connectivity index (χ1n) is 25.5. The van der Waals surface area contributed by atoms with Crippen LogP contribution in [0.5, 0.6) is 11.5 Å². The molecule has 66 heavy (non-hydrogen) atoms. The maximum absolute atomic E-state index is 14.9. The van der Waals surface area contributed by atoms with Crippen molar-refractivity contribution >= 4 is 23.3 Å². The third-order valence-electron chi connectivity index (χ3n) is 23.3. The Morgan fingerprint density at radius 3 is 2.02 bits per heavy atom. The van der Waals surface area contributed by atoms with E-state index >= 15 is 0 Å². The molecular weight excluding hydrogens is 825 g/mol. The van der Waals surface area contributed by atoms with Gasteiger partial charge in [-0.1, -0.05) is 80.0 Å². The fourth-order valence-corrected chi connectivity index (χ4v) is 18.4. The highest BCUT2D eigenvalue weighted by Crippen LogP contribution is 2.77. The first kappa shape index (κ1) is 44.7. The summed E-state index contributed by atoms with van der Waals surface area (Å²) in [5.74, 6) is -1.24. The van der Waals surface area contributed by atoms with Crippen molar-refractivity contribution in [2.45, 2.75) is 183 Å². The summed E-state index contributed by atoms with van der Waals surface area (Å²) in [6, 6.07) is 1.91. The fraction of sp³-hybridized carbons (Fsp3) is 0.690. The topological polar surface area (TPSA) is 116 Å². The quantitative estimate of drug-likeness (QED) is 0.277. The van der Waals surface area contributed by atoms with Crippen molar-refractivity contribution < 1.29 is 38.5 Å². The van der Waals surface area contributed by atoms with Gasteiger partial charge in [0.2, 0.25) is 11.4 Å². The van der Waals surface area contributed by atoms with Crippen LogP contribution in [-0.4, -0.2) is 46.9 Å². The number of hydrogen-bond acceptors (Lipinski definition) is 8. The number of ether oxygens (including phenoxy) is 3. The largest absolute Gasteiger partial charge is 0.471 e. The molecule has 8 nitrogen and oxygen atoms in total. The Bertz CT molecular complexity index is 2630. The molecule has 0 bridgehead atoms. The van der Waals surface area contributed by atoms with E-state index in [1.165, 1.54) is 12.7 Å². The van der Waals surface area contributed by atoms with Gasteiger partial charge in [-0.15, -0.1) is 0 Å². The number of rotatable bonds is 1. The van der Waals surface area contributed by atoms with Crippen LogP contribution in [0.4, 0.5) is 0 Å². The van der Waals surface area contributed by atoms with Gasteiger partial charge in [0, 0.05) is 39.9 Å². The van der Waals surface area contributed by atoms with E-state index in [1.807, 2.05) is 19.1 Å². The Labute approximate surface area is 392 Å². The van der Waals surface area contributed by atoms with Gasteiger partial charge in [-0.25, -0.2) is 0 Å². The number of benzene rings is 1. The highest BCUT2D eigenvalue weighted by atomic mass is 16.7. The Morgan fingerprint density at radius 2 is 1.33 bits per heavy atom. The highest BCUT2D eigenvalue weighted by Gasteiger charge is 2.72. The Kier molecular flexibility index (Phi) is 8.73. The molecule has 8 heteroatoms. The van der Waals surface area contributed by atoms with Gasteiger partial charge >= 0.3 is 11.8 Å². The smallest absolute Gasteiger partial charge is 0.317 e. The summed E-state index contributed by atoms with van der Waals surface area (Å²) >= 11 is 0. The minimum absolute atomic E-state index is 0.0161. The van der Waals surface area contributed by atoms with E-state index in [-0.39, 0.29) is 61.8 Å². The number of ketones is 3. The van der Waals surface area contributed by atoms with Gasteiger partial charge in [0.1, 0.15) is 5.78 Å². The number of allylic oxidation sites excluding steroid dienone is 5. The van der Waals surface area contributed by atoms with Crippen LogP contribution in [0.15, 0.2) is 52.7 Å². The van der Waals surface area contributed by atoms with E-state index in [4.69, 9.17) is 14.2 Å². The van der Waals surface area contributed by atoms with Crippen molar-refractivity contribution in [3.05, 3.63) is 69.4 Å². The lowest BCUT2D eigenvalue weighted by atomic mass is 9.34. The molecule has 11 rings (SSSR count). The van der Waals surface area contributed by atoms with Crippen molar-refractivity contribution in [3.8, 4) is 11.5 Å². The predicted molar refractivity (Wildman–Crippen MR) is 253 cm³/mol. The number of aliphatic hydroxyl groups is 1. The summed E-state index contributed by atoms with van der Waals surface area (Å²) in [5.41, 5.74) is 2.48. The normalized spacial score (nSPS) is 49.5. The SMILES string of the molecule is COC(=O)C1(C)CCC2(C)CCC3(C)C4=CC(=O)c5c(cc6c(c5C)OC5(C)C7=CC=C8C(C)(CCC9(C)C%10CC(C)C(=O)CC%10(C)CCC89C)C7=CC(=O)C5(O)O6)C4(C)CCC3(C)C2C1. The van der Waals surface area contributed by atoms with Gasteiger partial charge in [-0.2, -0.15) is 0 Å². The Morgan fingerprint density at radius 1 is 0.712 bits per heavy atom. The molecule has 14 unspecified atom stereocenters. The summed E-state index contributed by atoms with van der Waals surface area (Å²) in [4.78, 5) is 56.2. The average Bonchev–Trinajstić information content (AvgIpc) is 3.25. The molecule has 9 aliphatic carbocycles. The zero-order valence-corrected chi connectivity index (χ0v) is 42.1. The third-order valence-corrected chi connectivity index (χ3v) is 23.3. The van der Waals surface area contributed by atoms with Crippen molar-refractivity contribution in [2.24, 2.45) is 61.1 Å². The van der Waals surface area contributed by atoms with Gasteiger partial charge in [0.25, 0.3) is 0 Å². The number of methoxy groups -OCH3 is 1. The lowest BCUT2D eigenvalue weighted by Gasteiger charge is -2.69. The molecule has 14 atom stereocenters. The van der Waals surface area contributed by atoms with Gasteiger partial charge in [-0.05, 0) is 177 Å². The molecule has 1 aromatic carbocycles.